The normalized spacial score (nSPS) is 19.4. The molecular weight excluding hydrogens is 446 g/mol. The van der Waals surface area contributed by atoms with Crippen molar-refractivity contribution in [3.63, 3.8) is 0 Å². The minimum absolute atomic E-state index is 0.152. The topological polar surface area (TPSA) is 49.8 Å². The van der Waals surface area contributed by atoms with E-state index in [1.165, 1.54) is 33.4 Å². The van der Waals surface area contributed by atoms with Crippen molar-refractivity contribution in [1.29, 1.82) is 0 Å². The van der Waals surface area contributed by atoms with Crippen LogP contribution in [0.3, 0.4) is 0 Å². The summed E-state index contributed by atoms with van der Waals surface area (Å²) in [5.74, 6) is 0.0816. The molecule has 3 aromatic carbocycles. The van der Waals surface area contributed by atoms with E-state index in [1.807, 2.05) is 12.1 Å². The summed E-state index contributed by atoms with van der Waals surface area (Å²) < 4.78 is 5.43. The van der Waals surface area contributed by atoms with Gasteiger partial charge in [0.1, 0.15) is 5.75 Å². The summed E-state index contributed by atoms with van der Waals surface area (Å²) in [6.07, 6.45) is 9.03. The molecular formula is C32H33NO3. The second kappa shape index (κ2) is 10.5. The maximum Gasteiger partial charge on any atom is 0.303 e. The molecule has 0 spiro atoms. The molecule has 1 atom stereocenters. The first kappa shape index (κ1) is 24.1. The molecule has 5 rings (SSSR count). The molecule has 0 aromatic heterocycles. The number of benzene rings is 3. The highest BCUT2D eigenvalue weighted by Gasteiger charge is 2.37. The van der Waals surface area contributed by atoms with Gasteiger partial charge in [0, 0.05) is 31.5 Å². The Morgan fingerprint density at radius 1 is 1.03 bits per heavy atom. The van der Waals surface area contributed by atoms with Gasteiger partial charge in [0.25, 0.3) is 0 Å². The van der Waals surface area contributed by atoms with Crippen LogP contribution < -0.4 is 4.74 Å². The lowest BCUT2D eigenvalue weighted by atomic mass is 9.65. The van der Waals surface area contributed by atoms with Crippen molar-refractivity contribution >= 4 is 5.97 Å². The first-order valence-electron chi connectivity index (χ1n) is 12.7. The minimum Gasteiger partial charge on any atom is -0.497 e. The molecule has 4 nitrogen and oxygen atoms in total. The van der Waals surface area contributed by atoms with Crippen LogP contribution in [0.15, 0.2) is 96.6 Å². The zero-order valence-corrected chi connectivity index (χ0v) is 20.8. The van der Waals surface area contributed by atoms with E-state index in [0.717, 1.165) is 38.2 Å². The molecule has 0 saturated carbocycles. The number of hydrogen-bond acceptors (Lipinski definition) is 3. The van der Waals surface area contributed by atoms with E-state index in [2.05, 4.69) is 83.8 Å². The summed E-state index contributed by atoms with van der Waals surface area (Å²) in [4.78, 5) is 13.8. The molecule has 1 aliphatic heterocycles. The van der Waals surface area contributed by atoms with Crippen LogP contribution in [0, 0.1) is 0 Å². The molecule has 0 saturated heterocycles. The minimum atomic E-state index is -0.754. The lowest BCUT2D eigenvalue weighted by Crippen LogP contribution is -2.34. The lowest BCUT2D eigenvalue weighted by molar-refractivity contribution is -0.136. The van der Waals surface area contributed by atoms with Crippen LogP contribution in [-0.4, -0.2) is 29.6 Å². The van der Waals surface area contributed by atoms with Crippen molar-refractivity contribution in [3.05, 3.63) is 124 Å². The average Bonchev–Trinajstić information content (AvgIpc) is 2.92. The van der Waals surface area contributed by atoms with Crippen molar-refractivity contribution < 1.29 is 14.6 Å². The van der Waals surface area contributed by atoms with E-state index in [1.54, 1.807) is 7.11 Å². The lowest BCUT2D eigenvalue weighted by Gasteiger charge is -2.39. The van der Waals surface area contributed by atoms with E-state index in [4.69, 9.17) is 4.74 Å². The number of carbonyl (C=O) groups is 1. The predicted molar refractivity (Wildman–Crippen MR) is 143 cm³/mol. The molecule has 0 amide bonds. The van der Waals surface area contributed by atoms with E-state index in [0.29, 0.717) is 6.42 Å². The van der Waals surface area contributed by atoms with Gasteiger partial charge in [-0.15, -0.1) is 0 Å². The Bertz CT molecular complexity index is 1280. The fraction of sp³-hybridized carbons (Fsp3) is 0.281. The highest BCUT2D eigenvalue weighted by molar-refractivity contribution is 5.67. The first-order chi connectivity index (χ1) is 17.6. The predicted octanol–water partition coefficient (Wildman–Crippen LogP) is 6.29. The van der Waals surface area contributed by atoms with Crippen molar-refractivity contribution in [2.24, 2.45) is 0 Å². The molecule has 1 aliphatic carbocycles. The summed E-state index contributed by atoms with van der Waals surface area (Å²) >= 11 is 0. The van der Waals surface area contributed by atoms with Gasteiger partial charge < -0.3 is 9.84 Å². The van der Waals surface area contributed by atoms with Crippen molar-refractivity contribution in [3.8, 4) is 5.75 Å². The van der Waals surface area contributed by atoms with Crippen LogP contribution in [-0.2, 0) is 29.7 Å². The van der Waals surface area contributed by atoms with Crippen LogP contribution in [0.4, 0.5) is 0 Å². The molecule has 0 fully saturated rings. The van der Waals surface area contributed by atoms with E-state index < -0.39 is 5.97 Å². The van der Waals surface area contributed by atoms with Gasteiger partial charge in [0.2, 0.25) is 0 Å². The summed E-state index contributed by atoms with van der Waals surface area (Å²) in [6.45, 7) is 2.90. The second-order valence-corrected chi connectivity index (χ2v) is 9.84. The monoisotopic (exact) mass is 479 g/mol. The Labute approximate surface area is 213 Å². The van der Waals surface area contributed by atoms with Gasteiger partial charge in [-0.3, -0.25) is 9.69 Å². The largest absolute Gasteiger partial charge is 0.497 e. The number of fused-ring (bicyclic) bond motifs is 1. The number of rotatable bonds is 8. The fourth-order valence-electron chi connectivity index (χ4n) is 5.75. The Kier molecular flexibility index (Phi) is 7.06. The summed E-state index contributed by atoms with van der Waals surface area (Å²) in [5.41, 5.74) is 7.55. The standard InChI is InChI=1S/C32H33NO3/c1-36-28-15-13-27(14-16-28)32(19-6-9-24(21-32)12-17-31(34)35)30-11-5-10-26-23-33(20-18-29(26)30)22-25-7-3-2-4-8-25/h2-11,13-16,19H,12,17-18,20-23H2,1H3,(H,34,35). The van der Waals surface area contributed by atoms with Crippen LogP contribution in [0.2, 0.25) is 0 Å². The molecule has 4 heteroatoms. The van der Waals surface area contributed by atoms with Gasteiger partial charge in [-0.05, 0) is 59.2 Å². The molecule has 2 aliphatic rings. The number of allylic oxidation sites excluding steroid dienone is 4. The smallest absolute Gasteiger partial charge is 0.303 e. The number of aliphatic carboxylic acids is 1. The summed E-state index contributed by atoms with van der Waals surface area (Å²) in [6, 6.07) is 25.8. The number of carboxylic acid groups (broad SMARTS) is 1. The van der Waals surface area contributed by atoms with Crippen molar-refractivity contribution in [2.45, 2.75) is 44.2 Å². The SMILES string of the molecule is COc1ccc(C2(c3cccc4c3CCN(Cc3ccccc3)C4)C=CC=C(CCC(=O)O)C2)cc1. The van der Waals surface area contributed by atoms with Gasteiger partial charge in [-0.1, -0.05) is 84.5 Å². The fourth-order valence-corrected chi connectivity index (χ4v) is 5.75. The quantitative estimate of drug-likeness (QED) is 0.412. The highest BCUT2D eigenvalue weighted by Crippen LogP contribution is 2.45. The van der Waals surface area contributed by atoms with E-state index in [-0.39, 0.29) is 11.8 Å². The first-order valence-corrected chi connectivity index (χ1v) is 12.7. The Hall–Kier alpha value is -3.63. The van der Waals surface area contributed by atoms with Gasteiger partial charge >= 0.3 is 5.97 Å². The number of methoxy groups -OCH3 is 1. The van der Waals surface area contributed by atoms with Crippen LogP contribution >= 0.6 is 0 Å². The Morgan fingerprint density at radius 2 is 1.83 bits per heavy atom. The van der Waals surface area contributed by atoms with E-state index >= 15 is 0 Å². The molecule has 1 N–H and O–H groups in total. The zero-order valence-electron chi connectivity index (χ0n) is 20.8. The molecule has 0 radical (unpaired) electrons. The Balaban J connectivity index is 1.51. The third-order valence-corrected chi connectivity index (χ3v) is 7.56. The summed E-state index contributed by atoms with van der Waals surface area (Å²) in [5, 5.41) is 9.29. The van der Waals surface area contributed by atoms with Crippen molar-refractivity contribution in [1.82, 2.24) is 4.90 Å². The molecule has 1 heterocycles. The maximum absolute atomic E-state index is 11.3. The molecule has 1 unspecified atom stereocenters. The van der Waals surface area contributed by atoms with Crippen LogP contribution in [0.25, 0.3) is 0 Å². The van der Waals surface area contributed by atoms with Gasteiger partial charge in [0.15, 0.2) is 0 Å². The third kappa shape index (κ3) is 5.00. The Morgan fingerprint density at radius 3 is 2.58 bits per heavy atom. The highest BCUT2D eigenvalue weighted by atomic mass is 16.5. The van der Waals surface area contributed by atoms with Crippen LogP contribution in [0.5, 0.6) is 5.75 Å². The number of carboxylic acids is 1. The molecule has 36 heavy (non-hydrogen) atoms. The number of hydrogen-bond donors (Lipinski definition) is 1. The summed E-state index contributed by atoms with van der Waals surface area (Å²) in [7, 11) is 1.69. The number of ether oxygens (including phenoxy) is 1. The van der Waals surface area contributed by atoms with Gasteiger partial charge in [-0.25, -0.2) is 0 Å². The van der Waals surface area contributed by atoms with Crippen molar-refractivity contribution in [2.75, 3.05) is 13.7 Å². The molecule has 184 valence electrons. The van der Waals surface area contributed by atoms with E-state index in [9.17, 15) is 9.90 Å². The van der Waals surface area contributed by atoms with Crippen LogP contribution in [0.1, 0.15) is 47.1 Å². The molecule has 3 aromatic rings. The molecule has 0 bridgehead atoms. The average molecular weight is 480 g/mol. The second-order valence-electron chi connectivity index (χ2n) is 9.84. The number of nitrogens with zero attached hydrogens (tertiary/aromatic N) is 1. The zero-order chi connectivity index (χ0) is 25.0. The third-order valence-electron chi connectivity index (χ3n) is 7.56. The van der Waals surface area contributed by atoms with Gasteiger partial charge in [-0.2, -0.15) is 0 Å². The maximum atomic E-state index is 11.3. The van der Waals surface area contributed by atoms with Gasteiger partial charge in [0.05, 0.1) is 7.11 Å².